The third-order valence-corrected chi connectivity index (χ3v) is 2.92. The SMILES string of the molecule is CCCC(COC)n1cncc1CNC(C)(C)C. The van der Waals surface area contributed by atoms with Crippen LogP contribution in [0.2, 0.25) is 0 Å². The maximum Gasteiger partial charge on any atom is 0.0952 e. The van der Waals surface area contributed by atoms with Crippen LogP contribution in [0.15, 0.2) is 12.5 Å². The summed E-state index contributed by atoms with van der Waals surface area (Å²) >= 11 is 0. The smallest absolute Gasteiger partial charge is 0.0952 e. The normalized spacial score (nSPS) is 13.8. The van der Waals surface area contributed by atoms with E-state index in [1.165, 1.54) is 5.69 Å². The molecule has 18 heavy (non-hydrogen) atoms. The van der Waals surface area contributed by atoms with E-state index in [1.807, 2.05) is 12.5 Å². The number of nitrogens with one attached hydrogen (secondary N) is 1. The highest BCUT2D eigenvalue weighted by atomic mass is 16.5. The topological polar surface area (TPSA) is 39.1 Å². The van der Waals surface area contributed by atoms with Gasteiger partial charge >= 0.3 is 0 Å². The molecule has 0 fully saturated rings. The van der Waals surface area contributed by atoms with Crippen molar-refractivity contribution < 1.29 is 4.74 Å². The van der Waals surface area contributed by atoms with Gasteiger partial charge in [0.2, 0.25) is 0 Å². The van der Waals surface area contributed by atoms with Crippen LogP contribution < -0.4 is 5.32 Å². The summed E-state index contributed by atoms with van der Waals surface area (Å²) in [7, 11) is 1.76. The van der Waals surface area contributed by atoms with E-state index in [0.717, 1.165) is 26.0 Å². The van der Waals surface area contributed by atoms with Crippen LogP contribution in [-0.4, -0.2) is 28.8 Å². The predicted molar refractivity (Wildman–Crippen MR) is 74.6 cm³/mol. The molecule has 0 amide bonds. The van der Waals surface area contributed by atoms with E-state index >= 15 is 0 Å². The van der Waals surface area contributed by atoms with Crippen LogP contribution in [0.25, 0.3) is 0 Å². The molecule has 0 radical (unpaired) electrons. The van der Waals surface area contributed by atoms with Gasteiger partial charge in [0.1, 0.15) is 0 Å². The Morgan fingerprint density at radius 3 is 2.72 bits per heavy atom. The fraction of sp³-hybridized carbons (Fsp3) is 0.786. The fourth-order valence-corrected chi connectivity index (χ4v) is 1.98. The van der Waals surface area contributed by atoms with Gasteiger partial charge < -0.3 is 14.6 Å². The van der Waals surface area contributed by atoms with Gasteiger partial charge in [-0.25, -0.2) is 4.98 Å². The van der Waals surface area contributed by atoms with Crippen molar-refractivity contribution in [3.8, 4) is 0 Å². The standard InChI is InChI=1S/C14H27N3O/c1-6-7-12(10-18-5)17-11-15-8-13(17)9-16-14(2,3)4/h8,11-12,16H,6-7,9-10H2,1-5H3. The highest BCUT2D eigenvalue weighted by Gasteiger charge is 2.15. The first kappa shape index (κ1) is 15.2. The lowest BCUT2D eigenvalue weighted by Crippen LogP contribution is -2.36. The van der Waals surface area contributed by atoms with Gasteiger partial charge in [-0.05, 0) is 27.2 Å². The van der Waals surface area contributed by atoms with Crippen molar-refractivity contribution >= 4 is 0 Å². The molecule has 0 aliphatic heterocycles. The zero-order valence-electron chi connectivity index (χ0n) is 12.4. The first-order valence-corrected chi connectivity index (χ1v) is 6.72. The Kier molecular flexibility index (Phi) is 5.82. The number of aromatic nitrogens is 2. The molecule has 4 heteroatoms. The van der Waals surface area contributed by atoms with Gasteiger partial charge in [0.25, 0.3) is 0 Å². The Balaban J connectivity index is 2.72. The van der Waals surface area contributed by atoms with Crippen LogP contribution in [0.4, 0.5) is 0 Å². The molecule has 0 aliphatic carbocycles. The van der Waals surface area contributed by atoms with Crippen LogP contribution in [0.3, 0.4) is 0 Å². The van der Waals surface area contributed by atoms with Crippen LogP contribution in [0.1, 0.15) is 52.3 Å². The number of hydrogen-bond acceptors (Lipinski definition) is 3. The van der Waals surface area contributed by atoms with E-state index < -0.39 is 0 Å². The Bertz CT molecular complexity index is 335. The fourth-order valence-electron chi connectivity index (χ4n) is 1.98. The number of nitrogens with zero attached hydrogens (tertiary/aromatic N) is 2. The Hall–Kier alpha value is -0.870. The summed E-state index contributed by atoms with van der Waals surface area (Å²) in [6.07, 6.45) is 6.13. The van der Waals surface area contributed by atoms with E-state index in [4.69, 9.17) is 4.74 Å². The number of methoxy groups -OCH3 is 1. The highest BCUT2D eigenvalue weighted by Crippen LogP contribution is 2.17. The third-order valence-electron chi connectivity index (χ3n) is 2.92. The Labute approximate surface area is 111 Å². The van der Waals surface area contributed by atoms with Crippen molar-refractivity contribution in [1.82, 2.24) is 14.9 Å². The summed E-state index contributed by atoms with van der Waals surface area (Å²) in [6, 6.07) is 0.388. The molecular weight excluding hydrogens is 226 g/mol. The van der Waals surface area contributed by atoms with Crippen molar-refractivity contribution in [2.75, 3.05) is 13.7 Å². The van der Waals surface area contributed by atoms with Crippen molar-refractivity contribution in [2.24, 2.45) is 0 Å². The molecule has 1 rings (SSSR count). The highest BCUT2D eigenvalue weighted by molar-refractivity contribution is 5.01. The van der Waals surface area contributed by atoms with Crippen LogP contribution in [-0.2, 0) is 11.3 Å². The van der Waals surface area contributed by atoms with E-state index in [2.05, 4.69) is 42.6 Å². The summed E-state index contributed by atoms with van der Waals surface area (Å²) in [5.74, 6) is 0. The van der Waals surface area contributed by atoms with Crippen LogP contribution in [0.5, 0.6) is 0 Å². The molecule has 0 spiro atoms. The van der Waals surface area contributed by atoms with Gasteiger partial charge in [-0.2, -0.15) is 0 Å². The first-order chi connectivity index (χ1) is 8.48. The minimum atomic E-state index is 0.122. The molecule has 0 saturated heterocycles. The monoisotopic (exact) mass is 253 g/mol. The maximum atomic E-state index is 5.31. The van der Waals surface area contributed by atoms with E-state index in [-0.39, 0.29) is 5.54 Å². The molecule has 1 heterocycles. The minimum Gasteiger partial charge on any atom is -0.383 e. The largest absolute Gasteiger partial charge is 0.383 e. The lowest BCUT2D eigenvalue weighted by Gasteiger charge is -2.23. The van der Waals surface area contributed by atoms with Gasteiger partial charge in [-0.3, -0.25) is 0 Å². The maximum absolute atomic E-state index is 5.31. The lowest BCUT2D eigenvalue weighted by molar-refractivity contribution is 0.148. The van der Waals surface area contributed by atoms with Crippen molar-refractivity contribution in [1.29, 1.82) is 0 Å². The zero-order valence-corrected chi connectivity index (χ0v) is 12.4. The lowest BCUT2D eigenvalue weighted by atomic mass is 10.1. The molecule has 1 aromatic rings. The minimum absolute atomic E-state index is 0.122. The summed E-state index contributed by atoms with van der Waals surface area (Å²) in [4.78, 5) is 4.28. The first-order valence-electron chi connectivity index (χ1n) is 6.72. The number of imidazole rings is 1. The van der Waals surface area contributed by atoms with Crippen molar-refractivity contribution in [3.05, 3.63) is 18.2 Å². The summed E-state index contributed by atoms with van der Waals surface area (Å²) < 4.78 is 7.55. The number of ether oxygens (including phenoxy) is 1. The van der Waals surface area contributed by atoms with Crippen LogP contribution in [0, 0.1) is 0 Å². The van der Waals surface area contributed by atoms with E-state index in [9.17, 15) is 0 Å². The van der Waals surface area contributed by atoms with Crippen molar-refractivity contribution in [3.63, 3.8) is 0 Å². The molecule has 104 valence electrons. The molecule has 1 N–H and O–H groups in total. The Morgan fingerprint density at radius 1 is 1.44 bits per heavy atom. The van der Waals surface area contributed by atoms with E-state index in [0.29, 0.717) is 6.04 Å². The molecule has 4 nitrogen and oxygen atoms in total. The van der Waals surface area contributed by atoms with Gasteiger partial charge in [0.05, 0.1) is 24.7 Å². The predicted octanol–water partition coefficient (Wildman–Crippen LogP) is 2.76. The molecule has 1 unspecified atom stereocenters. The molecule has 1 aromatic heterocycles. The second-order valence-electron chi connectivity index (χ2n) is 5.79. The second-order valence-corrected chi connectivity index (χ2v) is 5.79. The van der Waals surface area contributed by atoms with Gasteiger partial charge in [-0.15, -0.1) is 0 Å². The number of rotatable bonds is 7. The molecule has 1 atom stereocenters. The molecule has 0 saturated carbocycles. The summed E-state index contributed by atoms with van der Waals surface area (Å²) in [6.45, 7) is 10.3. The zero-order chi connectivity index (χ0) is 13.6. The second kappa shape index (κ2) is 6.90. The Morgan fingerprint density at radius 2 is 2.17 bits per heavy atom. The molecule has 0 bridgehead atoms. The number of hydrogen-bond donors (Lipinski definition) is 1. The molecule has 0 aliphatic rings. The van der Waals surface area contributed by atoms with Gasteiger partial charge in [0, 0.05) is 25.4 Å². The molecular formula is C14H27N3O. The van der Waals surface area contributed by atoms with Crippen molar-refractivity contribution in [2.45, 2.75) is 58.7 Å². The summed E-state index contributed by atoms with van der Waals surface area (Å²) in [5, 5.41) is 3.50. The average Bonchev–Trinajstić information content (AvgIpc) is 2.73. The quantitative estimate of drug-likeness (QED) is 0.812. The molecule has 0 aromatic carbocycles. The third kappa shape index (κ3) is 4.78. The van der Waals surface area contributed by atoms with Crippen LogP contribution >= 0.6 is 0 Å². The summed E-state index contributed by atoms with van der Waals surface area (Å²) in [5.41, 5.74) is 1.34. The van der Waals surface area contributed by atoms with E-state index in [1.54, 1.807) is 7.11 Å². The average molecular weight is 253 g/mol. The van der Waals surface area contributed by atoms with Gasteiger partial charge in [-0.1, -0.05) is 13.3 Å². The van der Waals surface area contributed by atoms with Gasteiger partial charge in [0.15, 0.2) is 0 Å².